The molecule has 0 bridgehead atoms. The first-order valence-corrected chi connectivity index (χ1v) is 9.33. The van der Waals surface area contributed by atoms with Crippen molar-refractivity contribution in [3.8, 4) is 11.5 Å². The molecule has 1 aliphatic heterocycles. The minimum atomic E-state index is -0.305. The summed E-state index contributed by atoms with van der Waals surface area (Å²) in [7, 11) is 3.14. The van der Waals surface area contributed by atoms with Gasteiger partial charge in [0.25, 0.3) is 5.91 Å². The fraction of sp³-hybridized carbons (Fsp3) is 0.400. The van der Waals surface area contributed by atoms with Crippen molar-refractivity contribution in [1.29, 1.82) is 0 Å². The Bertz CT molecular complexity index is 864. The van der Waals surface area contributed by atoms with Gasteiger partial charge in [0.1, 0.15) is 11.5 Å². The van der Waals surface area contributed by atoms with Gasteiger partial charge in [0, 0.05) is 39.6 Å². The van der Waals surface area contributed by atoms with Gasteiger partial charge < -0.3 is 24.6 Å². The first kappa shape index (κ1) is 20.4. The lowest BCUT2D eigenvalue weighted by Crippen LogP contribution is -2.48. The summed E-state index contributed by atoms with van der Waals surface area (Å²) in [5.41, 5.74) is 1.13. The number of ether oxygens (including phenoxy) is 2. The second-order valence-corrected chi connectivity index (χ2v) is 6.62. The molecule has 1 saturated heterocycles. The van der Waals surface area contributed by atoms with Crippen molar-refractivity contribution in [2.24, 2.45) is 0 Å². The lowest BCUT2D eigenvalue weighted by atomic mass is 10.2. The molecule has 9 heteroatoms. The van der Waals surface area contributed by atoms with E-state index in [0.717, 1.165) is 5.56 Å². The largest absolute Gasteiger partial charge is 0.493 e. The lowest BCUT2D eigenvalue weighted by Gasteiger charge is -2.34. The Morgan fingerprint density at radius 2 is 1.76 bits per heavy atom. The number of hydrogen-bond donors (Lipinski definition) is 1. The zero-order chi connectivity index (χ0) is 20.8. The van der Waals surface area contributed by atoms with Gasteiger partial charge in [-0.1, -0.05) is 6.07 Å². The van der Waals surface area contributed by atoms with Crippen LogP contribution in [-0.2, 0) is 11.3 Å². The zero-order valence-corrected chi connectivity index (χ0v) is 16.8. The highest BCUT2D eigenvalue weighted by Crippen LogP contribution is 2.27. The minimum absolute atomic E-state index is 0.0808. The van der Waals surface area contributed by atoms with Gasteiger partial charge in [-0.3, -0.25) is 9.59 Å². The zero-order valence-electron chi connectivity index (χ0n) is 16.8. The van der Waals surface area contributed by atoms with Crippen LogP contribution in [-0.4, -0.2) is 67.1 Å². The van der Waals surface area contributed by atoms with E-state index in [1.54, 1.807) is 38.3 Å². The molecular formula is C20H25N5O4. The maximum absolute atomic E-state index is 12.4. The number of methoxy groups -OCH3 is 2. The molecule has 2 amide bonds. The van der Waals surface area contributed by atoms with Crippen LogP contribution in [0, 0.1) is 0 Å². The third-order valence-electron chi connectivity index (χ3n) is 4.82. The van der Waals surface area contributed by atoms with Crippen LogP contribution < -0.4 is 19.7 Å². The summed E-state index contributed by atoms with van der Waals surface area (Å²) in [5.74, 6) is 1.71. The molecule has 0 spiro atoms. The predicted octanol–water partition coefficient (Wildman–Crippen LogP) is 1.09. The second-order valence-electron chi connectivity index (χ2n) is 6.62. The van der Waals surface area contributed by atoms with E-state index in [1.807, 2.05) is 12.1 Å². The van der Waals surface area contributed by atoms with Crippen LogP contribution in [0.25, 0.3) is 0 Å². The molecular weight excluding hydrogens is 374 g/mol. The summed E-state index contributed by atoms with van der Waals surface area (Å²) < 4.78 is 10.5. The van der Waals surface area contributed by atoms with Crippen LogP contribution >= 0.6 is 0 Å². The molecule has 1 aromatic carbocycles. The predicted molar refractivity (Wildman–Crippen MR) is 107 cm³/mol. The number of aromatic nitrogens is 2. The molecule has 0 atom stereocenters. The van der Waals surface area contributed by atoms with Crippen molar-refractivity contribution in [2.75, 3.05) is 45.3 Å². The van der Waals surface area contributed by atoms with Crippen molar-refractivity contribution in [2.45, 2.75) is 13.5 Å². The first-order valence-electron chi connectivity index (χ1n) is 9.33. The molecule has 9 nitrogen and oxygen atoms in total. The number of carbonyl (C=O) groups is 2. The monoisotopic (exact) mass is 399 g/mol. The Kier molecular flexibility index (Phi) is 6.48. The minimum Gasteiger partial charge on any atom is -0.493 e. The van der Waals surface area contributed by atoms with Crippen LogP contribution in [0.4, 0.5) is 5.82 Å². The molecule has 1 N–H and O–H groups in total. The normalized spacial score (nSPS) is 13.8. The standard InChI is InChI=1S/C20H25N5O4/c1-14(26)24-6-8-25(9-7-24)19-13-21-16(12-22-19)20(27)23-11-15-4-5-17(28-2)18(10-15)29-3/h4-5,10,12-13H,6-9,11H2,1-3H3,(H,23,27). The summed E-state index contributed by atoms with van der Waals surface area (Å²) in [6.07, 6.45) is 3.06. The SMILES string of the molecule is COc1ccc(CNC(=O)c2cnc(N3CCN(C(C)=O)CC3)cn2)cc1OC. The van der Waals surface area contributed by atoms with Gasteiger partial charge in [-0.05, 0) is 17.7 Å². The van der Waals surface area contributed by atoms with E-state index < -0.39 is 0 Å². The number of hydrogen-bond acceptors (Lipinski definition) is 7. The average Bonchev–Trinajstić information content (AvgIpc) is 2.77. The maximum Gasteiger partial charge on any atom is 0.271 e. The number of nitrogens with zero attached hydrogens (tertiary/aromatic N) is 4. The van der Waals surface area contributed by atoms with Gasteiger partial charge in [-0.15, -0.1) is 0 Å². The highest BCUT2D eigenvalue weighted by Gasteiger charge is 2.20. The van der Waals surface area contributed by atoms with Crippen LogP contribution in [0.15, 0.2) is 30.6 Å². The fourth-order valence-corrected chi connectivity index (χ4v) is 3.12. The Balaban J connectivity index is 1.56. The first-order chi connectivity index (χ1) is 14.0. The molecule has 2 heterocycles. The van der Waals surface area contributed by atoms with E-state index >= 15 is 0 Å². The van der Waals surface area contributed by atoms with Crippen molar-refractivity contribution in [3.05, 3.63) is 41.9 Å². The molecule has 1 fully saturated rings. The summed E-state index contributed by atoms with van der Waals surface area (Å²) in [6, 6.07) is 5.46. The number of benzene rings is 1. The Morgan fingerprint density at radius 3 is 2.34 bits per heavy atom. The number of anilines is 1. The van der Waals surface area contributed by atoms with Crippen molar-refractivity contribution in [3.63, 3.8) is 0 Å². The third-order valence-corrected chi connectivity index (χ3v) is 4.82. The summed E-state index contributed by atoms with van der Waals surface area (Å²) in [5, 5.41) is 2.83. The summed E-state index contributed by atoms with van der Waals surface area (Å²) in [6.45, 7) is 4.61. The number of piperazine rings is 1. The Morgan fingerprint density at radius 1 is 1.03 bits per heavy atom. The van der Waals surface area contributed by atoms with Gasteiger partial charge in [-0.25, -0.2) is 9.97 Å². The van der Waals surface area contributed by atoms with E-state index in [9.17, 15) is 9.59 Å². The Labute approximate surface area is 169 Å². The molecule has 0 aliphatic carbocycles. The lowest BCUT2D eigenvalue weighted by molar-refractivity contribution is -0.129. The summed E-state index contributed by atoms with van der Waals surface area (Å²) >= 11 is 0. The molecule has 0 unspecified atom stereocenters. The molecule has 0 saturated carbocycles. The van der Waals surface area contributed by atoms with E-state index in [4.69, 9.17) is 9.47 Å². The molecule has 3 rings (SSSR count). The Hall–Kier alpha value is -3.36. The van der Waals surface area contributed by atoms with Crippen molar-refractivity contribution < 1.29 is 19.1 Å². The van der Waals surface area contributed by atoms with Gasteiger partial charge >= 0.3 is 0 Å². The highest BCUT2D eigenvalue weighted by molar-refractivity contribution is 5.92. The van der Waals surface area contributed by atoms with Crippen LogP contribution in [0.1, 0.15) is 23.0 Å². The van der Waals surface area contributed by atoms with Gasteiger partial charge in [0.2, 0.25) is 5.91 Å². The van der Waals surface area contributed by atoms with Crippen LogP contribution in [0.2, 0.25) is 0 Å². The number of amides is 2. The second kappa shape index (κ2) is 9.22. The fourth-order valence-electron chi connectivity index (χ4n) is 3.12. The van der Waals surface area contributed by atoms with Crippen molar-refractivity contribution >= 4 is 17.6 Å². The number of carbonyl (C=O) groups excluding carboxylic acids is 2. The quantitative estimate of drug-likeness (QED) is 0.777. The third kappa shape index (κ3) is 4.92. The van der Waals surface area contributed by atoms with Crippen LogP contribution in [0.5, 0.6) is 11.5 Å². The molecule has 0 radical (unpaired) electrons. The maximum atomic E-state index is 12.4. The average molecular weight is 399 g/mol. The highest BCUT2D eigenvalue weighted by atomic mass is 16.5. The summed E-state index contributed by atoms with van der Waals surface area (Å²) in [4.78, 5) is 36.2. The van der Waals surface area contributed by atoms with Crippen molar-refractivity contribution in [1.82, 2.24) is 20.2 Å². The van der Waals surface area contributed by atoms with E-state index in [2.05, 4.69) is 20.2 Å². The smallest absolute Gasteiger partial charge is 0.271 e. The molecule has 1 aromatic heterocycles. The number of rotatable bonds is 6. The van der Waals surface area contributed by atoms with Gasteiger partial charge in [0.05, 0.1) is 26.6 Å². The number of nitrogens with one attached hydrogen (secondary N) is 1. The van der Waals surface area contributed by atoms with Crippen LogP contribution in [0.3, 0.4) is 0 Å². The molecule has 2 aromatic rings. The molecule has 154 valence electrons. The van der Waals surface area contributed by atoms with Gasteiger partial charge in [-0.2, -0.15) is 0 Å². The topological polar surface area (TPSA) is 96.9 Å². The molecule has 29 heavy (non-hydrogen) atoms. The van der Waals surface area contributed by atoms with E-state index in [0.29, 0.717) is 50.0 Å². The van der Waals surface area contributed by atoms with E-state index in [-0.39, 0.29) is 17.5 Å². The molecule has 1 aliphatic rings. The van der Waals surface area contributed by atoms with E-state index in [1.165, 1.54) is 6.20 Å². The van der Waals surface area contributed by atoms with Gasteiger partial charge in [0.15, 0.2) is 11.5 Å².